The summed E-state index contributed by atoms with van der Waals surface area (Å²) in [6, 6.07) is 24.8. The molecule has 0 radical (unpaired) electrons. The van der Waals surface area contributed by atoms with Crippen molar-refractivity contribution in [2.75, 3.05) is 25.7 Å². The van der Waals surface area contributed by atoms with Crippen LogP contribution in [-0.4, -0.2) is 65.9 Å². The second-order valence-electron chi connectivity index (χ2n) is 9.45. The van der Waals surface area contributed by atoms with Crippen LogP contribution in [0, 0.1) is 0 Å². The average molecular weight is 602 g/mol. The molecule has 4 N–H and O–H groups in total. The van der Waals surface area contributed by atoms with Crippen molar-refractivity contribution in [3.8, 4) is 5.75 Å². The number of benzene rings is 3. The zero-order chi connectivity index (χ0) is 28.7. The van der Waals surface area contributed by atoms with Crippen molar-refractivity contribution >= 4 is 36.2 Å². The summed E-state index contributed by atoms with van der Waals surface area (Å²) in [5.41, 5.74) is 8.56. The number of aliphatic hydroxyl groups is 1. The molecule has 0 unspecified atom stereocenters. The van der Waals surface area contributed by atoms with Crippen LogP contribution in [0.15, 0.2) is 84.9 Å². The van der Waals surface area contributed by atoms with Gasteiger partial charge in [0.2, 0.25) is 5.91 Å². The molecule has 0 heterocycles. The first kappa shape index (κ1) is 34.0. The number of carbonyl (C=O) groups excluding carboxylic acids is 2. The fourth-order valence-corrected chi connectivity index (χ4v) is 4.95. The minimum absolute atomic E-state index is 0. The Morgan fingerprint density at radius 3 is 2.22 bits per heavy atom. The summed E-state index contributed by atoms with van der Waals surface area (Å²) >= 11 is 1.55. The third-order valence-electron chi connectivity index (χ3n) is 6.58. The number of ether oxygens (including phenoxy) is 2. The first-order chi connectivity index (χ1) is 19.4. The lowest BCUT2D eigenvalue weighted by Crippen LogP contribution is -2.59. The molecule has 8 nitrogen and oxygen atoms in total. The molecule has 10 heteroatoms. The van der Waals surface area contributed by atoms with Gasteiger partial charge in [0.05, 0.1) is 19.3 Å². The number of nitrogens with zero attached hydrogens (tertiary/aromatic N) is 1. The SMILES string of the molecule is COc1cccc(CNC[C@@H](O)[C@H](Cc2ccccc2)N(C(=O)OCc2ccccc2)[C@@H](CCSC)C(N)=O)c1.Cl. The van der Waals surface area contributed by atoms with E-state index in [0.717, 1.165) is 22.4 Å². The van der Waals surface area contributed by atoms with Gasteiger partial charge in [-0.15, -0.1) is 12.4 Å². The highest BCUT2D eigenvalue weighted by atomic mass is 35.5. The van der Waals surface area contributed by atoms with Crippen molar-refractivity contribution in [1.29, 1.82) is 0 Å². The summed E-state index contributed by atoms with van der Waals surface area (Å²) in [6.07, 6.45) is 0.862. The quantitative estimate of drug-likeness (QED) is 0.223. The summed E-state index contributed by atoms with van der Waals surface area (Å²) < 4.78 is 11.0. The van der Waals surface area contributed by atoms with E-state index in [-0.39, 0.29) is 25.6 Å². The smallest absolute Gasteiger partial charge is 0.411 e. The van der Waals surface area contributed by atoms with Crippen molar-refractivity contribution in [2.45, 2.75) is 44.2 Å². The van der Waals surface area contributed by atoms with Gasteiger partial charge in [-0.1, -0.05) is 72.8 Å². The Hall–Kier alpha value is -3.24. The summed E-state index contributed by atoms with van der Waals surface area (Å²) in [5, 5.41) is 14.8. The van der Waals surface area contributed by atoms with Gasteiger partial charge in [-0.25, -0.2) is 4.79 Å². The molecule has 41 heavy (non-hydrogen) atoms. The largest absolute Gasteiger partial charge is 0.497 e. The first-order valence-electron chi connectivity index (χ1n) is 13.3. The molecule has 0 spiro atoms. The monoisotopic (exact) mass is 601 g/mol. The number of rotatable bonds is 16. The van der Waals surface area contributed by atoms with Crippen LogP contribution in [0.2, 0.25) is 0 Å². The van der Waals surface area contributed by atoms with Crippen molar-refractivity contribution in [3.05, 3.63) is 102 Å². The lowest BCUT2D eigenvalue weighted by molar-refractivity contribution is -0.124. The second-order valence-corrected chi connectivity index (χ2v) is 10.4. The van der Waals surface area contributed by atoms with E-state index in [4.69, 9.17) is 15.2 Å². The third kappa shape index (κ3) is 10.9. The maximum absolute atomic E-state index is 13.7. The summed E-state index contributed by atoms with van der Waals surface area (Å²) in [5.74, 6) is 0.714. The first-order valence-corrected chi connectivity index (χ1v) is 14.6. The summed E-state index contributed by atoms with van der Waals surface area (Å²) in [7, 11) is 1.61. The normalized spacial score (nSPS) is 12.9. The summed E-state index contributed by atoms with van der Waals surface area (Å²) in [4.78, 5) is 27.7. The second kappa shape index (κ2) is 18.2. The van der Waals surface area contributed by atoms with Crippen molar-refractivity contribution in [1.82, 2.24) is 10.2 Å². The number of primary amides is 1. The molecule has 0 aromatic heterocycles. The number of amides is 2. The molecule has 0 fully saturated rings. The molecule has 3 atom stereocenters. The highest BCUT2D eigenvalue weighted by molar-refractivity contribution is 7.98. The number of nitrogens with two attached hydrogens (primary N) is 1. The summed E-state index contributed by atoms with van der Waals surface area (Å²) in [6.45, 7) is 0.689. The Labute approximate surface area is 253 Å². The van der Waals surface area contributed by atoms with E-state index >= 15 is 0 Å². The lowest BCUT2D eigenvalue weighted by atomic mass is 9.97. The zero-order valence-corrected chi connectivity index (χ0v) is 25.1. The van der Waals surface area contributed by atoms with E-state index in [1.54, 1.807) is 18.9 Å². The molecule has 3 rings (SSSR count). The van der Waals surface area contributed by atoms with E-state index in [9.17, 15) is 14.7 Å². The van der Waals surface area contributed by atoms with Crippen LogP contribution in [0.3, 0.4) is 0 Å². The molecule has 3 aromatic rings. The van der Waals surface area contributed by atoms with Gasteiger partial charge < -0.3 is 25.6 Å². The zero-order valence-electron chi connectivity index (χ0n) is 23.5. The predicted molar refractivity (Wildman–Crippen MR) is 166 cm³/mol. The van der Waals surface area contributed by atoms with E-state index in [1.807, 2.05) is 91.2 Å². The Balaban J connectivity index is 0.00000588. The molecule has 0 aliphatic rings. The molecular formula is C31H40ClN3O5S. The van der Waals surface area contributed by atoms with Gasteiger partial charge in [-0.05, 0) is 53.7 Å². The Kier molecular flexibility index (Phi) is 15.1. The van der Waals surface area contributed by atoms with Crippen molar-refractivity contribution in [3.63, 3.8) is 0 Å². The maximum atomic E-state index is 13.7. The molecule has 0 bridgehead atoms. The molecule has 0 aliphatic carbocycles. The van der Waals surface area contributed by atoms with Crippen LogP contribution < -0.4 is 15.8 Å². The van der Waals surface area contributed by atoms with Gasteiger partial charge in [0, 0.05) is 13.1 Å². The third-order valence-corrected chi connectivity index (χ3v) is 7.23. The van der Waals surface area contributed by atoms with Gasteiger partial charge in [0.1, 0.15) is 18.4 Å². The highest BCUT2D eigenvalue weighted by Gasteiger charge is 2.38. The highest BCUT2D eigenvalue weighted by Crippen LogP contribution is 2.21. The fraction of sp³-hybridized carbons (Fsp3) is 0.355. The van der Waals surface area contributed by atoms with E-state index < -0.39 is 30.2 Å². The fourth-order valence-electron chi connectivity index (χ4n) is 4.49. The molecule has 3 aromatic carbocycles. The number of carbonyl (C=O) groups is 2. The number of aliphatic hydroxyl groups excluding tert-OH is 1. The van der Waals surface area contributed by atoms with Crippen LogP contribution >= 0.6 is 24.2 Å². The topological polar surface area (TPSA) is 114 Å². The van der Waals surface area contributed by atoms with Crippen LogP contribution in [0.1, 0.15) is 23.1 Å². The number of hydrogen-bond donors (Lipinski definition) is 3. The van der Waals surface area contributed by atoms with Gasteiger partial charge in [0.15, 0.2) is 0 Å². The number of nitrogens with one attached hydrogen (secondary N) is 1. The Bertz CT molecular complexity index is 1190. The van der Waals surface area contributed by atoms with Gasteiger partial charge in [-0.3, -0.25) is 9.69 Å². The lowest BCUT2D eigenvalue weighted by Gasteiger charge is -2.38. The van der Waals surface area contributed by atoms with E-state index in [1.165, 1.54) is 4.90 Å². The predicted octanol–water partition coefficient (Wildman–Crippen LogP) is 4.42. The van der Waals surface area contributed by atoms with E-state index in [2.05, 4.69) is 5.32 Å². The molecule has 222 valence electrons. The van der Waals surface area contributed by atoms with Crippen molar-refractivity contribution < 1.29 is 24.2 Å². The number of halogens is 1. The number of methoxy groups -OCH3 is 1. The van der Waals surface area contributed by atoms with Crippen LogP contribution in [0.5, 0.6) is 5.75 Å². The van der Waals surface area contributed by atoms with E-state index in [0.29, 0.717) is 25.1 Å². The minimum Gasteiger partial charge on any atom is -0.497 e. The van der Waals surface area contributed by atoms with Gasteiger partial charge in [0.25, 0.3) is 0 Å². The van der Waals surface area contributed by atoms with Crippen LogP contribution in [-0.2, 0) is 29.1 Å². The molecule has 0 saturated carbocycles. The Morgan fingerprint density at radius 2 is 1.61 bits per heavy atom. The average Bonchev–Trinajstić information content (AvgIpc) is 2.98. The minimum atomic E-state index is -1.02. The molecular weight excluding hydrogens is 562 g/mol. The van der Waals surface area contributed by atoms with Crippen LogP contribution in [0.4, 0.5) is 4.79 Å². The van der Waals surface area contributed by atoms with Gasteiger partial charge >= 0.3 is 6.09 Å². The van der Waals surface area contributed by atoms with Crippen LogP contribution in [0.25, 0.3) is 0 Å². The molecule has 2 amide bonds. The van der Waals surface area contributed by atoms with Gasteiger partial charge in [-0.2, -0.15) is 11.8 Å². The molecule has 0 saturated heterocycles. The standard InChI is InChI=1S/C31H39N3O5S.ClH/c1-38-26-15-9-14-25(18-26)20-33-21-29(35)28(19-23-10-5-3-6-11-23)34(27(30(32)36)16-17-40-2)31(37)39-22-24-12-7-4-8-13-24;/h3-15,18,27-29,33,35H,16-17,19-22H2,1-2H3,(H2,32,36);1H/t27-,28-,29+;/m0./s1. The number of thioether (sulfide) groups is 1. The Morgan fingerprint density at radius 1 is 0.976 bits per heavy atom. The van der Waals surface area contributed by atoms with Crippen molar-refractivity contribution in [2.24, 2.45) is 5.73 Å². The number of hydrogen-bond acceptors (Lipinski definition) is 7. The maximum Gasteiger partial charge on any atom is 0.411 e. The molecule has 0 aliphatic heterocycles.